The van der Waals surface area contributed by atoms with Crippen molar-refractivity contribution in [2.45, 2.75) is 0 Å². The van der Waals surface area contributed by atoms with Gasteiger partial charge in [-0.25, -0.2) is 9.78 Å². The van der Waals surface area contributed by atoms with E-state index in [9.17, 15) is 15.2 Å². The number of nitrogens with one attached hydrogen (secondary N) is 1. The fourth-order valence-electron chi connectivity index (χ4n) is 2.62. The molecular weight excluding hydrogens is 314 g/mol. The van der Waals surface area contributed by atoms with Crippen LogP contribution in [0.25, 0.3) is 22.4 Å². The van der Waals surface area contributed by atoms with E-state index in [-0.39, 0.29) is 16.9 Å². The molecule has 1 heterocycles. The Hall–Kier alpha value is -3.65. The summed E-state index contributed by atoms with van der Waals surface area (Å²) >= 11 is 0. The van der Waals surface area contributed by atoms with E-state index >= 15 is 0 Å². The molecule has 3 aromatic rings. The van der Waals surface area contributed by atoms with Crippen molar-refractivity contribution in [2.24, 2.45) is 0 Å². The van der Waals surface area contributed by atoms with Crippen LogP contribution >= 0.6 is 0 Å². The first-order valence-electron chi connectivity index (χ1n) is 7.66. The van der Waals surface area contributed by atoms with Crippen LogP contribution in [0.2, 0.25) is 0 Å². The van der Waals surface area contributed by atoms with Gasteiger partial charge in [-0.1, -0.05) is 54.6 Å². The smallest absolute Gasteiger partial charge is 0.337 e. The van der Waals surface area contributed by atoms with Gasteiger partial charge in [0.15, 0.2) is 0 Å². The van der Waals surface area contributed by atoms with Crippen molar-refractivity contribution >= 4 is 11.8 Å². The van der Waals surface area contributed by atoms with Gasteiger partial charge in [0.1, 0.15) is 17.5 Å². The number of nitriles is 1. The Balaban J connectivity index is 2.06. The molecule has 0 spiro atoms. The number of carboxylic acids is 1. The van der Waals surface area contributed by atoms with E-state index in [0.29, 0.717) is 5.69 Å². The molecule has 0 saturated heterocycles. The number of aromatic nitrogens is 1. The molecule has 0 saturated carbocycles. The molecule has 0 aliphatic heterocycles. The largest absolute Gasteiger partial charge is 0.478 e. The van der Waals surface area contributed by atoms with Gasteiger partial charge in [0.05, 0.1) is 11.3 Å². The third-order valence-electron chi connectivity index (χ3n) is 3.89. The number of hydrogen-bond donors (Lipinski definition) is 2. The van der Waals surface area contributed by atoms with Crippen LogP contribution in [0, 0.1) is 11.3 Å². The molecule has 0 atom stereocenters. The Kier molecular flexibility index (Phi) is 4.44. The van der Waals surface area contributed by atoms with Crippen LogP contribution in [-0.4, -0.2) is 23.1 Å². The van der Waals surface area contributed by atoms with Crippen LogP contribution < -0.4 is 5.32 Å². The summed E-state index contributed by atoms with van der Waals surface area (Å²) in [6.45, 7) is 0. The second-order valence-corrected chi connectivity index (χ2v) is 5.39. The predicted octanol–water partition coefficient (Wildman–Crippen LogP) is 4.03. The molecule has 0 aliphatic rings. The number of benzene rings is 2. The first-order valence-corrected chi connectivity index (χ1v) is 7.66. The molecule has 3 rings (SSSR count). The van der Waals surface area contributed by atoms with Gasteiger partial charge in [-0.2, -0.15) is 5.26 Å². The van der Waals surface area contributed by atoms with E-state index in [0.717, 1.165) is 16.7 Å². The first-order chi connectivity index (χ1) is 12.1. The highest BCUT2D eigenvalue weighted by Crippen LogP contribution is 2.27. The topological polar surface area (TPSA) is 86.0 Å². The molecule has 0 unspecified atom stereocenters. The van der Waals surface area contributed by atoms with Crippen LogP contribution in [0.15, 0.2) is 60.7 Å². The summed E-state index contributed by atoms with van der Waals surface area (Å²) < 4.78 is 0. The summed E-state index contributed by atoms with van der Waals surface area (Å²) in [7, 11) is 1.61. The van der Waals surface area contributed by atoms with Gasteiger partial charge in [0.2, 0.25) is 0 Å². The molecule has 0 aliphatic carbocycles. The first kappa shape index (κ1) is 16.2. The monoisotopic (exact) mass is 329 g/mol. The lowest BCUT2D eigenvalue weighted by Gasteiger charge is -2.10. The Bertz CT molecular complexity index is 959. The molecule has 0 radical (unpaired) electrons. The van der Waals surface area contributed by atoms with Gasteiger partial charge in [0, 0.05) is 12.6 Å². The summed E-state index contributed by atoms with van der Waals surface area (Å²) in [4.78, 5) is 15.8. The maximum absolute atomic E-state index is 11.5. The van der Waals surface area contributed by atoms with Crippen LogP contribution in [0.5, 0.6) is 0 Å². The normalized spacial score (nSPS) is 10.1. The average Bonchev–Trinajstić information content (AvgIpc) is 2.67. The Morgan fingerprint density at radius 2 is 1.64 bits per heavy atom. The number of aromatic carboxylic acids is 1. The number of nitrogens with zero attached hydrogens (tertiary/aromatic N) is 2. The number of hydrogen-bond acceptors (Lipinski definition) is 4. The number of pyridine rings is 1. The maximum Gasteiger partial charge on any atom is 0.337 e. The van der Waals surface area contributed by atoms with E-state index in [4.69, 9.17) is 0 Å². The van der Waals surface area contributed by atoms with Crippen molar-refractivity contribution in [2.75, 3.05) is 12.4 Å². The van der Waals surface area contributed by atoms with Crippen LogP contribution in [0.4, 0.5) is 5.82 Å². The number of carboxylic acid groups (broad SMARTS) is 1. The SMILES string of the molecule is CNc1nc(-c2ccc(-c3ccccc3)cc2)cc(C(=O)O)c1C#N. The second-order valence-electron chi connectivity index (χ2n) is 5.39. The highest BCUT2D eigenvalue weighted by atomic mass is 16.4. The minimum absolute atomic E-state index is 0.0275. The lowest BCUT2D eigenvalue weighted by molar-refractivity contribution is 0.0696. The zero-order valence-corrected chi connectivity index (χ0v) is 13.5. The highest BCUT2D eigenvalue weighted by molar-refractivity contribution is 5.94. The summed E-state index contributed by atoms with van der Waals surface area (Å²) in [6, 6.07) is 21.0. The van der Waals surface area contributed by atoms with Gasteiger partial charge >= 0.3 is 5.97 Å². The number of carbonyl (C=O) groups is 1. The van der Waals surface area contributed by atoms with Crippen LogP contribution in [-0.2, 0) is 0 Å². The third-order valence-corrected chi connectivity index (χ3v) is 3.89. The zero-order valence-electron chi connectivity index (χ0n) is 13.5. The van der Waals surface area contributed by atoms with Crippen molar-refractivity contribution < 1.29 is 9.90 Å². The lowest BCUT2D eigenvalue weighted by Crippen LogP contribution is -2.07. The minimum atomic E-state index is -1.15. The fraction of sp³-hybridized carbons (Fsp3) is 0.0500. The molecule has 5 nitrogen and oxygen atoms in total. The standard InChI is InChI=1S/C20H15N3O2/c1-22-19-17(12-21)16(20(24)25)11-18(23-19)15-9-7-14(8-10-15)13-5-3-2-4-6-13/h2-11H,1H3,(H,22,23)(H,24,25). The van der Waals surface area contributed by atoms with Crippen LogP contribution in [0.1, 0.15) is 15.9 Å². The summed E-state index contributed by atoms with van der Waals surface area (Å²) in [5, 5.41) is 21.4. The molecular formula is C20H15N3O2. The van der Waals surface area contributed by atoms with Crippen molar-refractivity contribution in [3.63, 3.8) is 0 Å². The maximum atomic E-state index is 11.5. The van der Waals surface area contributed by atoms with E-state index in [1.807, 2.05) is 60.7 Å². The van der Waals surface area contributed by atoms with Crippen molar-refractivity contribution in [1.29, 1.82) is 5.26 Å². The molecule has 122 valence electrons. The summed E-state index contributed by atoms with van der Waals surface area (Å²) in [5.41, 5.74) is 3.40. The van der Waals surface area contributed by atoms with Crippen LogP contribution in [0.3, 0.4) is 0 Å². The van der Waals surface area contributed by atoms with Crippen molar-refractivity contribution in [3.8, 4) is 28.5 Å². The minimum Gasteiger partial charge on any atom is -0.478 e. The molecule has 0 amide bonds. The molecule has 2 aromatic carbocycles. The van der Waals surface area contributed by atoms with Gasteiger partial charge < -0.3 is 10.4 Å². The van der Waals surface area contributed by atoms with Crippen molar-refractivity contribution in [1.82, 2.24) is 4.98 Å². The molecule has 2 N–H and O–H groups in total. The highest BCUT2D eigenvalue weighted by Gasteiger charge is 2.17. The van der Waals surface area contributed by atoms with E-state index < -0.39 is 5.97 Å². The Morgan fingerprint density at radius 3 is 2.20 bits per heavy atom. The van der Waals surface area contributed by atoms with E-state index in [1.54, 1.807) is 7.05 Å². The molecule has 1 aromatic heterocycles. The lowest BCUT2D eigenvalue weighted by atomic mass is 10.0. The number of anilines is 1. The molecule has 0 bridgehead atoms. The zero-order chi connectivity index (χ0) is 17.8. The van der Waals surface area contributed by atoms with E-state index in [1.165, 1.54) is 6.07 Å². The molecule has 5 heteroatoms. The van der Waals surface area contributed by atoms with Gasteiger partial charge in [-0.3, -0.25) is 0 Å². The predicted molar refractivity (Wildman–Crippen MR) is 96.3 cm³/mol. The average molecular weight is 329 g/mol. The quantitative estimate of drug-likeness (QED) is 0.755. The summed E-state index contributed by atoms with van der Waals surface area (Å²) in [5.74, 6) is -0.901. The van der Waals surface area contributed by atoms with Crippen molar-refractivity contribution in [3.05, 3.63) is 71.8 Å². The van der Waals surface area contributed by atoms with Gasteiger partial charge in [0.25, 0.3) is 0 Å². The summed E-state index contributed by atoms with van der Waals surface area (Å²) in [6.07, 6.45) is 0. The third kappa shape index (κ3) is 3.19. The fourth-order valence-corrected chi connectivity index (χ4v) is 2.62. The Labute approximate surface area is 145 Å². The number of rotatable bonds is 4. The second kappa shape index (κ2) is 6.85. The molecule has 0 fully saturated rings. The van der Waals surface area contributed by atoms with Gasteiger partial charge in [-0.05, 0) is 17.2 Å². The van der Waals surface area contributed by atoms with E-state index in [2.05, 4.69) is 10.3 Å². The van der Waals surface area contributed by atoms with Gasteiger partial charge in [-0.15, -0.1) is 0 Å². The molecule has 25 heavy (non-hydrogen) atoms. The Morgan fingerprint density at radius 1 is 1.04 bits per heavy atom.